The molecule has 3 heteroatoms. The summed E-state index contributed by atoms with van der Waals surface area (Å²) in [4.78, 5) is 0. The maximum absolute atomic E-state index is 5.98. The lowest BCUT2D eigenvalue weighted by molar-refractivity contribution is 0.558. The third-order valence-corrected chi connectivity index (χ3v) is 4.28. The first kappa shape index (κ1) is 16.4. The molecule has 0 aliphatic rings. The molecule has 1 unspecified atom stereocenters. The fourth-order valence-electron chi connectivity index (χ4n) is 2.52. The van der Waals surface area contributed by atoms with Gasteiger partial charge in [-0.05, 0) is 74.2 Å². The molecule has 112 valence electrons. The van der Waals surface area contributed by atoms with Crippen LogP contribution in [-0.2, 0) is 6.42 Å². The van der Waals surface area contributed by atoms with Crippen molar-refractivity contribution in [3.8, 4) is 0 Å². The average Bonchev–Trinajstić information content (AvgIpc) is 2.50. The quantitative estimate of drug-likeness (QED) is 0.727. The average molecular weight is 322 g/mol. The van der Waals surface area contributed by atoms with Gasteiger partial charge in [-0.3, -0.25) is 0 Å². The van der Waals surface area contributed by atoms with Crippen LogP contribution in [0, 0.1) is 0 Å². The van der Waals surface area contributed by atoms with E-state index in [0.717, 1.165) is 35.9 Å². The van der Waals surface area contributed by atoms with Crippen LogP contribution >= 0.6 is 23.2 Å². The van der Waals surface area contributed by atoms with Gasteiger partial charge in [0.25, 0.3) is 0 Å². The van der Waals surface area contributed by atoms with Gasteiger partial charge in [0.05, 0.1) is 0 Å². The molecule has 21 heavy (non-hydrogen) atoms. The molecule has 0 aliphatic heterocycles. The summed E-state index contributed by atoms with van der Waals surface area (Å²) in [5.74, 6) is 0.547. The van der Waals surface area contributed by atoms with Crippen molar-refractivity contribution in [3.05, 3.63) is 69.7 Å². The summed E-state index contributed by atoms with van der Waals surface area (Å²) in [6.07, 6.45) is 3.32. The van der Waals surface area contributed by atoms with E-state index < -0.39 is 0 Å². The molecule has 2 aromatic carbocycles. The van der Waals surface area contributed by atoms with Gasteiger partial charge in [0.1, 0.15) is 0 Å². The Morgan fingerprint density at radius 3 is 2.00 bits per heavy atom. The molecule has 0 bridgehead atoms. The van der Waals surface area contributed by atoms with E-state index >= 15 is 0 Å². The van der Waals surface area contributed by atoms with Crippen molar-refractivity contribution in [1.82, 2.24) is 5.32 Å². The molecule has 0 saturated carbocycles. The highest BCUT2D eigenvalue weighted by atomic mass is 35.5. The summed E-state index contributed by atoms with van der Waals surface area (Å²) < 4.78 is 0. The molecule has 0 saturated heterocycles. The third-order valence-electron chi connectivity index (χ3n) is 3.78. The van der Waals surface area contributed by atoms with Crippen molar-refractivity contribution in [2.75, 3.05) is 13.6 Å². The first-order valence-electron chi connectivity index (χ1n) is 7.33. The highest BCUT2D eigenvalue weighted by Gasteiger charge is 2.11. The van der Waals surface area contributed by atoms with Crippen LogP contribution in [0.25, 0.3) is 0 Å². The smallest absolute Gasteiger partial charge is 0.0406 e. The van der Waals surface area contributed by atoms with Gasteiger partial charge in [0, 0.05) is 10.0 Å². The predicted molar refractivity (Wildman–Crippen MR) is 92.5 cm³/mol. The van der Waals surface area contributed by atoms with Gasteiger partial charge in [0.2, 0.25) is 0 Å². The molecule has 0 fully saturated rings. The topological polar surface area (TPSA) is 12.0 Å². The Morgan fingerprint density at radius 2 is 1.43 bits per heavy atom. The number of hydrogen-bond donors (Lipinski definition) is 1. The normalized spacial score (nSPS) is 12.3. The number of hydrogen-bond acceptors (Lipinski definition) is 1. The second-order valence-electron chi connectivity index (χ2n) is 5.31. The van der Waals surface area contributed by atoms with Crippen molar-refractivity contribution in [1.29, 1.82) is 0 Å². The van der Waals surface area contributed by atoms with Gasteiger partial charge in [-0.2, -0.15) is 0 Å². The van der Waals surface area contributed by atoms with Gasteiger partial charge >= 0.3 is 0 Å². The molecule has 0 amide bonds. The fraction of sp³-hybridized carbons (Fsp3) is 0.333. The van der Waals surface area contributed by atoms with Gasteiger partial charge < -0.3 is 5.32 Å². The van der Waals surface area contributed by atoms with E-state index in [-0.39, 0.29) is 0 Å². The Kier molecular flexibility index (Phi) is 6.56. The molecular weight excluding hydrogens is 301 g/mol. The minimum Gasteiger partial charge on any atom is -0.320 e. The zero-order valence-corrected chi connectivity index (χ0v) is 13.8. The summed E-state index contributed by atoms with van der Waals surface area (Å²) in [5.41, 5.74) is 2.70. The van der Waals surface area contributed by atoms with E-state index in [1.807, 2.05) is 31.3 Å². The minimum absolute atomic E-state index is 0.547. The minimum atomic E-state index is 0.547. The Morgan fingerprint density at radius 1 is 0.857 bits per heavy atom. The Hall–Kier alpha value is -1.02. The van der Waals surface area contributed by atoms with Crippen LogP contribution in [-0.4, -0.2) is 13.6 Å². The van der Waals surface area contributed by atoms with E-state index in [0.29, 0.717) is 5.92 Å². The number of nitrogens with one attached hydrogen (secondary N) is 1. The monoisotopic (exact) mass is 321 g/mol. The Balaban J connectivity index is 2.02. The third kappa shape index (κ3) is 5.35. The van der Waals surface area contributed by atoms with Gasteiger partial charge in [-0.15, -0.1) is 0 Å². The summed E-state index contributed by atoms with van der Waals surface area (Å²) in [6.45, 7) is 1.02. The first-order chi connectivity index (χ1) is 10.2. The molecule has 1 N–H and O–H groups in total. The summed E-state index contributed by atoms with van der Waals surface area (Å²) in [5, 5.41) is 4.83. The highest BCUT2D eigenvalue weighted by molar-refractivity contribution is 6.30. The van der Waals surface area contributed by atoms with Crippen molar-refractivity contribution in [3.63, 3.8) is 0 Å². The van der Waals surface area contributed by atoms with E-state index in [2.05, 4.69) is 29.6 Å². The first-order valence-corrected chi connectivity index (χ1v) is 8.09. The fourth-order valence-corrected chi connectivity index (χ4v) is 2.78. The molecule has 0 radical (unpaired) electrons. The molecule has 0 heterocycles. The lowest BCUT2D eigenvalue weighted by Crippen LogP contribution is -2.13. The van der Waals surface area contributed by atoms with Crippen LogP contribution in [0.4, 0.5) is 0 Å². The summed E-state index contributed by atoms with van der Waals surface area (Å²) >= 11 is 11.9. The number of aryl methyl sites for hydroxylation is 1. The van der Waals surface area contributed by atoms with Crippen molar-refractivity contribution in [2.24, 2.45) is 0 Å². The lowest BCUT2D eigenvalue weighted by atomic mass is 9.89. The summed E-state index contributed by atoms with van der Waals surface area (Å²) in [7, 11) is 2.00. The van der Waals surface area contributed by atoms with E-state index in [1.54, 1.807) is 0 Å². The molecule has 0 aromatic heterocycles. The number of halogens is 2. The largest absolute Gasteiger partial charge is 0.320 e. The van der Waals surface area contributed by atoms with Crippen LogP contribution in [0.1, 0.15) is 29.9 Å². The number of rotatable bonds is 7. The molecule has 2 rings (SSSR count). The maximum atomic E-state index is 5.98. The lowest BCUT2D eigenvalue weighted by Gasteiger charge is -2.17. The van der Waals surface area contributed by atoms with Gasteiger partial charge in [0.15, 0.2) is 0 Å². The SMILES string of the molecule is CNCCC(CCc1ccc(Cl)cc1)c1ccc(Cl)cc1. The van der Waals surface area contributed by atoms with Gasteiger partial charge in [-0.25, -0.2) is 0 Å². The zero-order chi connectivity index (χ0) is 15.1. The van der Waals surface area contributed by atoms with E-state index in [1.165, 1.54) is 11.1 Å². The number of benzene rings is 2. The van der Waals surface area contributed by atoms with E-state index in [9.17, 15) is 0 Å². The molecule has 0 aliphatic carbocycles. The summed E-state index contributed by atoms with van der Waals surface area (Å²) in [6, 6.07) is 16.4. The van der Waals surface area contributed by atoms with Crippen LogP contribution in [0.3, 0.4) is 0 Å². The van der Waals surface area contributed by atoms with Crippen LogP contribution in [0.5, 0.6) is 0 Å². The standard InChI is InChI=1S/C18H21Cl2N/c1-21-13-12-16(15-6-10-18(20)11-7-15)5-2-14-3-8-17(19)9-4-14/h3-4,6-11,16,21H,2,5,12-13H2,1H3. The highest BCUT2D eigenvalue weighted by Crippen LogP contribution is 2.26. The molecular formula is C18H21Cl2N. The molecule has 2 aromatic rings. The predicted octanol–water partition coefficient (Wildman–Crippen LogP) is 5.32. The molecule has 1 atom stereocenters. The van der Waals surface area contributed by atoms with Gasteiger partial charge in [-0.1, -0.05) is 47.5 Å². The maximum Gasteiger partial charge on any atom is 0.0406 e. The van der Waals surface area contributed by atoms with Crippen molar-refractivity contribution >= 4 is 23.2 Å². The molecule has 0 spiro atoms. The van der Waals surface area contributed by atoms with Crippen molar-refractivity contribution < 1.29 is 0 Å². The van der Waals surface area contributed by atoms with Crippen LogP contribution < -0.4 is 5.32 Å². The Bertz CT molecular complexity index is 534. The van der Waals surface area contributed by atoms with Crippen molar-refractivity contribution in [2.45, 2.75) is 25.2 Å². The van der Waals surface area contributed by atoms with Crippen LogP contribution in [0.2, 0.25) is 10.0 Å². The van der Waals surface area contributed by atoms with Crippen LogP contribution in [0.15, 0.2) is 48.5 Å². The Labute approximate surface area is 137 Å². The second-order valence-corrected chi connectivity index (χ2v) is 6.18. The zero-order valence-electron chi connectivity index (χ0n) is 12.3. The molecule has 1 nitrogen and oxygen atoms in total. The van der Waals surface area contributed by atoms with E-state index in [4.69, 9.17) is 23.2 Å². The second kappa shape index (κ2) is 8.43.